The molecule has 2 N–H and O–H groups in total. The van der Waals surface area contributed by atoms with Crippen LogP contribution in [0, 0.1) is 0 Å². The smallest absolute Gasteiger partial charge is 0.255 e. The third-order valence-electron chi connectivity index (χ3n) is 8.39. The zero-order chi connectivity index (χ0) is 30.8. The predicted octanol–water partition coefficient (Wildman–Crippen LogP) is 4.49. The molecule has 0 radical (unpaired) electrons. The lowest BCUT2D eigenvalue weighted by atomic mass is 10.0. The van der Waals surface area contributed by atoms with Crippen molar-refractivity contribution in [3.05, 3.63) is 63.4 Å². The number of halogens is 2. The second-order valence-electron chi connectivity index (χ2n) is 11.3. The van der Waals surface area contributed by atoms with E-state index in [1.807, 2.05) is 25.1 Å². The molecule has 3 aromatic rings. The van der Waals surface area contributed by atoms with Crippen molar-refractivity contribution in [1.29, 1.82) is 0 Å². The molecule has 0 bridgehead atoms. The topological polar surface area (TPSA) is 122 Å². The first kappa shape index (κ1) is 30.5. The van der Waals surface area contributed by atoms with Crippen LogP contribution in [0.5, 0.6) is 0 Å². The van der Waals surface area contributed by atoms with Crippen molar-refractivity contribution in [3.63, 3.8) is 0 Å². The van der Waals surface area contributed by atoms with Gasteiger partial charge in [-0.3, -0.25) is 9.59 Å². The molecule has 11 nitrogen and oxygen atoms in total. The molecule has 3 aliphatic heterocycles. The molecule has 1 aromatic carbocycles. The first-order chi connectivity index (χ1) is 21.3. The number of benzene rings is 1. The van der Waals surface area contributed by atoms with Crippen LogP contribution in [0.15, 0.2) is 36.7 Å². The second-order valence-corrected chi connectivity index (χ2v) is 12.1. The van der Waals surface area contributed by atoms with Gasteiger partial charge in [0.15, 0.2) is 0 Å². The lowest BCUT2D eigenvalue weighted by molar-refractivity contribution is -0.125. The molecule has 0 aliphatic carbocycles. The first-order valence-corrected chi connectivity index (χ1v) is 15.6. The van der Waals surface area contributed by atoms with Crippen molar-refractivity contribution >= 4 is 46.8 Å². The fraction of sp³-hybridized carbons (Fsp3) is 0.452. The van der Waals surface area contributed by atoms with Crippen molar-refractivity contribution in [2.24, 2.45) is 0 Å². The molecule has 232 valence electrons. The van der Waals surface area contributed by atoms with Gasteiger partial charge in [-0.15, -0.1) is 0 Å². The van der Waals surface area contributed by atoms with Gasteiger partial charge in [0.05, 0.1) is 41.2 Å². The van der Waals surface area contributed by atoms with Crippen LogP contribution in [0.25, 0.3) is 11.3 Å². The third kappa shape index (κ3) is 6.46. The van der Waals surface area contributed by atoms with Crippen LogP contribution in [-0.4, -0.2) is 83.3 Å². The molecule has 6 rings (SSSR count). The predicted molar refractivity (Wildman–Crippen MR) is 168 cm³/mol. The Bertz CT molecular complexity index is 1550. The summed E-state index contributed by atoms with van der Waals surface area (Å²) in [6.07, 6.45) is 4.93. The lowest BCUT2D eigenvalue weighted by Crippen LogP contribution is -2.46. The molecule has 2 fully saturated rings. The minimum Gasteiger partial charge on any atom is -0.381 e. The van der Waals surface area contributed by atoms with Gasteiger partial charge in [0.25, 0.3) is 5.91 Å². The summed E-state index contributed by atoms with van der Waals surface area (Å²) in [6.45, 7) is 8.08. The van der Waals surface area contributed by atoms with Gasteiger partial charge in [0, 0.05) is 56.2 Å². The highest BCUT2D eigenvalue weighted by molar-refractivity contribution is 6.33. The number of anilines is 2. The zero-order valence-corrected chi connectivity index (χ0v) is 26.2. The summed E-state index contributed by atoms with van der Waals surface area (Å²) in [5.74, 6) is 0.774. The van der Waals surface area contributed by atoms with Crippen LogP contribution in [0.2, 0.25) is 10.0 Å². The Kier molecular flexibility index (Phi) is 9.18. The van der Waals surface area contributed by atoms with Gasteiger partial charge in [-0.25, -0.2) is 15.0 Å². The van der Waals surface area contributed by atoms with E-state index in [1.54, 1.807) is 30.3 Å². The molecule has 44 heavy (non-hydrogen) atoms. The summed E-state index contributed by atoms with van der Waals surface area (Å²) >= 11 is 13.0. The van der Waals surface area contributed by atoms with E-state index in [2.05, 4.69) is 30.5 Å². The van der Waals surface area contributed by atoms with Crippen LogP contribution in [0.3, 0.4) is 0 Å². The zero-order valence-electron chi connectivity index (χ0n) is 24.7. The van der Waals surface area contributed by atoms with Gasteiger partial charge >= 0.3 is 0 Å². The number of carbonyl (C=O) groups is 2. The summed E-state index contributed by atoms with van der Waals surface area (Å²) in [5.41, 5.74) is 3.36. The number of rotatable bonds is 8. The largest absolute Gasteiger partial charge is 0.381 e. The Balaban J connectivity index is 1.14. The molecule has 2 atom stereocenters. The second kappa shape index (κ2) is 13.2. The average molecular weight is 641 g/mol. The van der Waals surface area contributed by atoms with Crippen molar-refractivity contribution < 1.29 is 19.1 Å². The fourth-order valence-electron chi connectivity index (χ4n) is 5.74. The number of amides is 2. The minimum atomic E-state index is -0.710. The van der Waals surface area contributed by atoms with Crippen molar-refractivity contribution in [3.8, 4) is 11.3 Å². The number of fused-ring (bicyclic) bond motifs is 1. The van der Waals surface area contributed by atoms with E-state index < -0.39 is 12.1 Å². The van der Waals surface area contributed by atoms with Crippen LogP contribution < -0.4 is 15.5 Å². The van der Waals surface area contributed by atoms with Gasteiger partial charge in [0.1, 0.15) is 11.9 Å². The minimum absolute atomic E-state index is 0.223. The number of pyridine rings is 1. The van der Waals surface area contributed by atoms with Gasteiger partial charge in [-0.05, 0) is 49.9 Å². The van der Waals surface area contributed by atoms with Crippen LogP contribution in [0.1, 0.15) is 54.2 Å². The standard InChI is InChI=1S/C31H35Cl2N7O4/c1-18(23-14-27(34-15-25(23)32)39-7-11-44-12-8-39)36-29(41)19(2)40-17-21-4-3-20(13-24(21)30(40)42)28-26(33)16-35-31(38-28)37-22-5-9-43-10-6-22/h3-4,13-16,18-19,22H,5-12,17H2,1-2H3,(H,36,41)(H,35,37,38)/t18-,19?/m1/s1. The molecular weight excluding hydrogens is 605 g/mol. The summed E-state index contributed by atoms with van der Waals surface area (Å²) < 4.78 is 10.9. The number of morpholine rings is 1. The van der Waals surface area contributed by atoms with E-state index in [4.69, 9.17) is 32.7 Å². The summed E-state index contributed by atoms with van der Waals surface area (Å²) in [7, 11) is 0. The van der Waals surface area contributed by atoms with Gasteiger partial charge in [-0.2, -0.15) is 0 Å². The monoisotopic (exact) mass is 639 g/mol. The molecule has 0 spiro atoms. The van der Waals surface area contributed by atoms with Crippen LogP contribution in [0.4, 0.5) is 11.8 Å². The van der Waals surface area contributed by atoms with Crippen molar-refractivity contribution in [2.75, 3.05) is 49.7 Å². The molecule has 5 heterocycles. The van der Waals surface area contributed by atoms with Gasteiger partial charge in [0.2, 0.25) is 11.9 Å². The number of hydrogen-bond acceptors (Lipinski definition) is 9. The highest BCUT2D eigenvalue weighted by atomic mass is 35.5. The maximum Gasteiger partial charge on any atom is 0.255 e. The first-order valence-electron chi connectivity index (χ1n) is 14.9. The third-order valence-corrected chi connectivity index (χ3v) is 8.98. The lowest BCUT2D eigenvalue weighted by Gasteiger charge is -2.29. The van der Waals surface area contributed by atoms with E-state index in [9.17, 15) is 9.59 Å². The van der Waals surface area contributed by atoms with Gasteiger partial charge in [-0.1, -0.05) is 35.3 Å². The van der Waals surface area contributed by atoms with E-state index >= 15 is 0 Å². The Morgan fingerprint density at radius 2 is 1.73 bits per heavy atom. The molecule has 3 aliphatic rings. The molecule has 2 saturated heterocycles. The molecule has 13 heteroatoms. The maximum absolute atomic E-state index is 13.6. The van der Waals surface area contributed by atoms with Crippen molar-refractivity contribution in [2.45, 2.75) is 51.4 Å². The molecular formula is C31H35Cl2N7O4. The van der Waals surface area contributed by atoms with Crippen LogP contribution in [-0.2, 0) is 20.8 Å². The highest BCUT2D eigenvalue weighted by Crippen LogP contribution is 2.33. The number of nitrogens with one attached hydrogen (secondary N) is 2. The maximum atomic E-state index is 13.6. The summed E-state index contributed by atoms with van der Waals surface area (Å²) in [6, 6.07) is 6.61. The van der Waals surface area contributed by atoms with E-state index in [1.165, 1.54) is 0 Å². The van der Waals surface area contributed by atoms with Crippen molar-refractivity contribution in [1.82, 2.24) is 25.2 Å². The number of carbonyl (C=O) groups excluding carboxylic acids is 2. The summed E-state index contributed by atoms with van der Waals surface area (Å²) in [5, 5.41) is 7.26. The molecule has 2 amide bonds. The normalized spacial score (nSPS) is 18.6. The highest BCUT2D eigenvalue weighted by Gasteiger charge is 2.35. The number of nitrogens with zero attached hydrogens (tertiary/aromatic N) is 5. The Morgan fingerprint density at radius 1 is 1.00 bits per heavy atom. The number of ether oxygens (including phenoxy) is 2. The summed E-state index contributed by atoms with van der Waals surface area (Å²) in [4.78, 5) is 44.2. The van der Waals surface area contributed by atoms with Gasteiger partial charge < -0.3 is 29.9 Å². The molecule has 1 unspecified atom stereocenters. The van der Waals surface area contributed by atoms with Crippen LogP contribution >= 0.6 is 23.2 Å². The Hall–Kier alpha value is -3.51. The van der Waals surface area contributed by atoms with E-state index in [0.29, 0.717) is 65.8 Å². The number of aromatic nitrogens is 3. The average Bonchev–Trinajstić information content (AvgIpc) is 3.38. The quantitative estimate of drug-likeness (QED) is 0.367. The molecule has 2 aromatic heterocycles. The SMILES string of the molecule is CC(C(=O)N[C@H](C)c1cc(N2CCOCC2)ncc1Cl)N1Cc2ccc(-c3nc(NC4CCOCC4)ncc3Cl)cc2C1=O. The van der Waals surface area contributed by atoms with E-state index in [0.717, 1.165) is 42.9 Å². The number of hydrogen-bond donors (Lipinski definition) is 2. The molecule has 0 saturated carbocycles. The Labute approximate surface area is 266 Å². The Morgan fingerprint density at radius 3 is 2.50 bits per heavy atom. The fourth-order valence-corrected chi connectivity index (χ4v) is 6.21. The van der Waals surface area contributed by atoms with E-state index in [-0.39, 0.29) is 17.9 Å².